The summed E-state index contributed by atoms with van der Waals surface area (Å²) in [5.41, 5.74) is 5.34. The Morgan fingerprint density at radius 3 is 2.41 bits per heavy atom. The fourth-order valence-corrected chi connectivity index (χ4v) is 2.49. The van der Waals surface area contributed by atoms with E-state index in [0.29, 0.717) is 5.57 Å². The van der Waals surface area contributed by atoms with Crippen molar-refractivity contribution in [2.24, 2.45) is 0 Å². The molecule has 0 aliphatic heterocycles. The number of hydrogen-bond acceptors (Lipinski definition) is 1. The molecule has 0 aromatic heterocycles. The van der Waals surface area contributed by atoms with Gasteiger partial charge >= 0.3 is 0 Å². The number of rotatable bonds is 6. The fourth-order valence-electron chi connectivity index (χ4n) is 2.49. The van der Waals surface area contributed by atoms with Crippen LogP contribution in [0.15, 0.2) is 77.9 Å². The largest absolute Gasteiger partial charge is 0.322 e. The highest BCUT2D eigenvalue weighted by atomic mass is 19.1. The number of halogens is 1. The summed E-state index contributed by atoms with van der Waals surface area (Å²) in [6.45, 7) is 8.00. The molecule has 1 N–H and O–H groups in total. The van der Waals surface area contributed by atoms with Gasteiger partial charge in [-0.05, 0) is 80.3 Å². The summed E-state index contributed by atoms with van der Waals surface area (Å²) in [5.74, 6) is -0.455. The minimum absolute atomic E-state index is 0.179. The molecule has 2 nitrogen and oxygen atoms in total. The van der Waals surface area contributed by atoms with Crippen molar-refractivity contribution >= 4 is 17.2 Å². The second kappa shape index (κ2) is 9.67. The third kappa shape index (κ3) is 6.37. The molecule has 2 aromatic carbocycles. The molecule has 0 fully saturated rings. The van der Waals surface area contributed by atoms with Gasteiger partial charge in [0.1, 0.15) is 5.82 Å². The molecule has 0 heterocycles. The molecular weight excluding hydrogens is 337 g/mol. The maximum absolute atomic E-state index is 13.2. The number of anilines is 1. The van der Waals surface area contributed by atoms with Gasteiger partial charge in [-0.3, -0.25) is 4.79 Å². The van der Waals surface area contributed by atoms with Crippen molar-refractivity contribution in [2.45, 2.75) is 34.1 Å². The summed E-state index contributed by atoms with van der Waals surface area (Å²) >= 11 is 0. The van der Waals surface area contributed by atoms with Crippen LogP contribution >= 0.6 is 0 Å². The van der Waals surface area contributed by atoms with E-state index >= 15 is 0 Å². The van der Waals surface area contributed by atoms with Crippen LogP contribution in [-0.2, 0) is 4.79 Å². The Balaban J connectivity index is 2.34. The predicted octanol–water partition coefficient (Wildman–Crippen LogP) is 6.46. The lowest BCUT2D eigenvalue weighted by molar-refractivity contribution is -0.112. The van der Waals surface area contributed by atoms with Crippen LogP contribution in [-0.4, -0.2) is 5.91 Å². The van der Waals surface area contributed by atoms with Crippen LogP contribution in [0.1, 0.15) is 38.3 Å². The summed E-state index contributed by atoms with van der Waals surface area (Å²) in [6, 6.07) is 14.0. The summed E-state index contributed by atoms with van der Waals surface area (Å²) in [6.07, 6.45) is 6.54. The Hall–Kier alpha value is -2.94. The van der Waals surface area contributed by atoms with Crippen LogP contribution in [0.3, 0.4) is 0 Å². The molecule has 0 bridgehead atoms. The number of benzene rings is 2. The molecule has 0 aliphatic rings. The van der Waals surface area contributed by atoms with E-state index in [2.05, 4.69) is 12.2 Å². The lowest BCUT2D eigenvalue weighted by Crippen LogP contribution is -2.13. The number of amides is 1. The molecule has 2 rings (SSSR count). The van der Waals surface area contributed by atoms with Crippen LogP contribution in [0.25, 0.3) is 5.57 Å². The van der Waals surface area contributed by atoms with Crippen molar-refractivity contribution < 1.29 is 9.18 Å². The standard InChI is InChI=1S/C24H26FNO/c1-5-17(2)9-10-21(16-19(4)20-11-13-22(25)14-12-20)24(27)26-23-8-6-7-18(3)15-23/h6-16H,5H2,1-4H3,(H,26,27)/b17-9+,19-16+,21-10+. The molecule has 0 aliphatic carbocycles. The second-order valence-corrected chi connectivity index (χ2v) is 6.65. The molecule has 0 unspecified atom stereocenters. The molecule has 0 saturated heterocycles. The monoisotopic (exact) mass is 363 g/mol. The lowest BCUT2D eigenvalue weighted by Gasteiger charge is -2.09. The third-order valence-corrected chi connectivity index (χ3v) is 4.31. The van der Waals surface area contributed by atoms with Crippen molar-refractivity contribution in [3.05, 3.63) is 94.8 Å². The Kier molecular flexibility index (Phi) is 7.30. The SMILES string of the molecule is CC/C(C)=C/C=C(\C=C(/C)c1ccc(F)cc1)C(=O)Nc1cccc(C)c1. The average Bonchev–Trinajstić information content (AvgIpc) is 2.65. The van der Waals surface area contributed by atoms with E-state index in [1.54, 1.807) is 12.1 Å². The molecule has 140 valence electrons. The van der Waals surface area contributed by atoms with Crippen molar-refractivity contribution in [2.75, 3.05) is 5.32 Å². The van der Waals surface area contributed by atoms with Crippen molar-refractivity contribution in [3.8, 4) is 0 Å². The Morgan fingerprint density at radius 2 is 1.78 bits per heavy atom. The summed E-state index contributed by atoms with van der Waals surface area (Å²) in [4.78, 5) is 12.8. The molecular formula is C24H26FNO. The molecule has 0 saturated carbocycles. The Morgan fingerprint density at radius 1 is 1.07 bits per heavy atom. The van der Waals surface area contributed by atoms with Crippen molar-refractivity contribution in [1.29, 1.82) is 0 Å². The highest BCUT2D eigenvalue weighted by Crippen LogP contribution is 2.19. The van der Waals surface area contributed by atoms with E-state index in [-0.39, 0.29) is 11.7 Å². The van der Waals surface area contributed by atoms with Crippen molar-refractivity contribution in [1.82, 2.24) is 0 Å². The van der Waals surface area contributed by atoms with Gasteiger partial charge in [0.05, 0.1) is 0 Å². The van der Waals surface area contributed by atoms with Gasteiger partial charge in [-0.1, -0.05) is 42.8 Å². The second-order valence-electron chi connectivity index (χ2n) is 6.65. The molecule has 0 radical (unpaired) electrons. The van der Waals surface area contributed by atoms with E-state index < -0.39 is 0 Å². The van der Waals surface area contributed by atoms with Crippen LogP contribution in [0, 0.1) is 12.7 Å². The molecule has 2 aromatic rings. The van der Waals surface area contributed by atoms with Gasteiger partial charge in [-0.25, -0.2) is 4.39 Å². The molecule has 1 amide bonds. The first kappa shape index (κ1) is 20.4. The van der Waals surface area contributed by atoms with Gasteiger partial charge in [-0.15, -0.1) is 0 Å². The number of hydrogen-bond donors (Lipinski definition) is 1. The van der Waals surface area contributed by atoms with Crippen LogP contribution in [0.4, 0.5) is 10.1 Å². The maximum atomic E-state index is 13.2. The number of allylic oxidation sites excluding steroid dienone is 4. The molecule has 27 heavy (non-hydrogen) atoms. The van der Waals surface area contributed by atoms with Gasteiger partial charge in [0.2, 0.25) is 0 Å². The highest BCUT2D eigenvalue weighted by Gasteiger charge is 2.09. The van der Waals surface area contributed by atoms with Gasteiger partial charge in [0.25, 0.3) is 5.91 Å². The number of aryl methyl sites for hydroxylation is 1. The van der Waals surface area contributed by atoms with Crippen LogP contribution < -0.4 is 5.32 Å². The Bertz CT molecular complexity index is 889. The van der Waals surface area contributed by atoms with Crippen LogP contribution in [0.5, 0.6) is 0 Å². The fraction of sp³-hybridized carbons (Fsp3) is 0.208. The normalized spacial score (nSPS) is 12.9. The average molecular weight is 363 g/mol. The maximum Gasteiger partial charge on any atom is 0.255 e. The number of carbonyl (C=O) groups excluding carboxylic acids is 1. The van der Waals surface area contributed by atoms with E-state index in [1.807, 2.05) is 63.3 Å². The topological polar surface area (TPSA) is 29.1 Å². The molecule has 3 heteroatoms. The van der Waals surface area contributed by atoms with E-state index in [1.165, 1.54) is 17.7 Å². The van der Waals surface area contributed by atoms with Gasteiger partial charge in [0, 0.05) is 11.3 Å². The first-order chi connectivity index (χ1) is 12.9. The zero-order chi connectivity index (χ0) is 19.8. The first-order valence-corrected chi connectivity index (χ1v) is 9.08. The minimum atomic E-state index is -0.277. The quantitative estimate of drug-likeness (QED) is 0.463. The molecule has 0 spiro atoms. The Labute approximate surface area is 161 Å². The summed E-state index contributed by atoms with van der Waals surface area (Å²) in [5, 5.41) is 2.95. The first-order valence-electron chi connectivity index (χ1n) is 9.08. The highest BCUT2D eigenvalue weighted by molar-refractivity contribution is 6.07. The van der Waals surface area contributed by atoms with Crippen molar-refractivity contribution in [3.63, 3.8) is 0 Å². The minimum Gasteiger partial charge on any atom is -0.322 e. The van der Waals surface area contributed by atoms with Crippen LogP contribution in [0.2, 0.25) is 0 Å². The number of carbonyl (C=O) groups is 1. The van der Waals surface area contributed by atoms with Gasteiger partial charge in [-0.2, -0.15) is 0 Å². The van der Waals surface area contributed by atoms with Gasteiger partial charge < -0.3 is 5.32 Å². The third-order valence-electron chi connectivity index (χ3n) is 4.31. The lowest BCUT2D eigenvalue weighted by atomic mass is 10.0. The van der Waals surface area contributed by atoms with E-state index in [9.17, 15) is 9.18 Å². The molecule has 0 atom stereocenters. The summed E-state index contributed by atoms with van der Waals surface area (Å²) in [7, 11) is 0. The zero-order valence-corrected chi connectivity index (χ0v) is 16.3. The van der Waals surface area contributed by atoms with E-state index in [0.717, 1.165) is 28.8 Å². The number of nitrogens with one attached hydrogen (secondary N) is 1. The van der Waals surface area contributed by atoms with E-state index in [4.69, 9.17) is 0 Å². The smallest absolute Gasteiger partial charge is 0.255 e. The zero-order valence-electron chi connectivity index (χ0n) is 16.3. The van der Waals surface area contributed by atoms with Gasteiger partial charge in [0.15, 0.2) is 0 Å². The predicted molar refractivity (Wildman–Crippen MR) is 112 cm³/mol. The summed E-state index contributed by atoms with van der Waals surface area (Å²) < 4.78 is 13.2.